The van der Waals surface area contributed by atoms with Gasteiger partial charge in [-0.25, -0.2) is 0 Å². The first kappa shape index (κ1) is 11.2. The maximum Gasteiger partial charge on any atom is 0.179 e. The van der Waals surface area contributed by atoms with Gasteiger partial charge < -0.3 is 5.73 Å². The maximum atomic E-state index is 11.8. The van der Waals surface area contributed by atoms with Gasteiger partial charge in [-0.05, 0) is 18.1 Å². The number of Topliss-reactive ketones (excluding diaryl/α,β-unsaturated/α-hetero) is 1. The molecule has 0 amide bonds. The lowest BCUT2D eigenvalue weighted by molar-refractivity contribution is 0.0940. The quantitative estimate of drug-likeness (QED) is 0.781. The van der Waals surface area contributed by atoms with Crippen LogP contribution in [0, 0.1) is 5.92 Å². The normalized spacial score (nSPS) is 12.9. The van der Waals surface area contributed by atoms with Gasteiger partial charge in [0.15, 0.2) is 5.78 Å². The predicted octanol–water partition coefficient (Wildman–Crippen LogP) is 2.51. The van der Waals surface area contributed by atoms with Crippen molar-refractivity contribution in [1.29, 1.82) is 0 Å². The van der Waals surface area contributed by atoms with Crippen molar-refractivity contribution < 1.29 is 4.79 Å². The standard InChI is InChI=1S/C11H14ClNO/c1-7(2)10(13)11(14)8-4-3-5-9(12)6-8/h3-7,10H,13H2,1-2H3. The van der Waals surface area contributed by atoms with Crippen LogP contribution in [0.5, 0.6) is 0 Å². The highest BCUT2D eigenvalue weighted by atomic mass is 35.5. The van der Waals surface area contributed by atoms with Crippen LogP contribution in [0.25, 0.3) is 0 Å². The van der Waals surface area contributed by atoms with Gasteiger partial charge in [-0.1, -0.05) is 37.6 Å². The summed E-state index contributed by atoms with van der Waals surface area (Å²) in [7, 11) is 0. The highest BCUT2D eigenvalue weighted by Crippen LogP contribution is 2.14. The monoisotopic (exact) mass is 211 g/mol. The Morgan fingerprint density at radius 2 is 2.07 bits per heavy atom. The summed E-state index contributed by atoms with van der Waals surface area (Å²) >= 11 is 5.78. The summed E-state index contributed by atoms with van der Waals surface area (Å²) in [4.78, 5) is 11.8. The first-order valence-electron chi connectivity index (χ1n) is 4.57. The minimum Gasteiger partial charge on any atom is -0.321 e. The van der Waals surface area contributed by atoms with Gasteiger partial charge in [0.1, 0.15) is 0 Å². The second kappa shape index (κ2) is 4.58. The molecule has 2 nitrogen and oxygen atoms in total. The van der Waals surface area contributed by atoms with Crippen LogP contribution in [-0.4, -0.2) is 11.8 Å². The van der Waals surface area contributed by atoms with E-state index in [0.717, 1.165) is 0 Å². The number of nitrogens with two attached hydrogens (primary N) is 1. The summed E-state index contributed by atoms with van der Waals surface area (Å²) in [6.07, 6.45) is 0. The van der Waals surface area contributed by atoms with Crippen LogP contribution in [0.1, 0.15) is 24.2 Å². The minimum atomic E-state index is -0.450. The smallest absolute Gasteiger partial charge is 0.179 e. The Morgan fingerprint density at radius 1 is 1.43 bits per heavy atom. The Bertz CT molecular complexity index is 336. The number of ketones is 1. The molecule has 0 aliphatic rings. The summed E-state index contributed by atoms with van der Waals surface area (Å²) in [5, 5.41) is 0.562. The van der Waals surface area contributed by atoms with Crippen molar-refractivity contribution in [3.05, 3.63) is 34.9 Å². The third kappa shape index (κ3) is 2.56. The number of carbonyl (C=O) groups excluding carboxylic acids is 1. The number of rotatable bonds is 3. The average molecular weight is 212 g/mol. The summed E-state index contributed by atoms with van der Waals surface area (Å²) in [6.45, 7) is 3.85. The van der Waals surface area contributed by atoms with Crippen molar-refractivity contribution in [3.8, 4) is 0 Å². The summed E-state index contributed by atoms with van der Waals surface area (Å²) in [5.41, 5.74) is 6.33. The maximum absolute atomic E-state index is 11.8. The molecule has 0 saturated heterocycles. The van der Waals surface area contributed by atoms with Crippen molar-refractivity contribution in [2.75, 3.05) is 0 Å². The SMILES string of the molecule is CC(C)C(N)C(=O)c1cccc(Cl)c1. The number of halogens is 1. The molecule has 76 valence electrons. The highest BCUT2D eigenvalue weighted by Gasteiger charge is 2.18. The first-order valence-corrected chi connectivity index (χ1v) is 4.95. The minimum absolute atomic E-state index is 0.0532. The number of hydrogen-bond donors (Lipinski definition) is 1. The van der Waals surface area contributed by atoms with Crippen LogP contribution >= 0.6 is 11.6 Å². The van der Waals surface area contributed by atoms with Crippen LogP contribution in [-0.2, 0) is 0 Å². The van der Waals surface area contributed by atoms with E-state index in [4.69, 9.17) is 17.3 Å². The molecule has 1 unspecified atom stereocenters. The summed E-state index contributed by atoms with van der Waals surface area (Å²) in [5.74, 6) is 0.0870. The number of benzene rings is 1. The fraction of sp³-hybridized carbons (Fsp3) is 0.364. The van der Waals surface area contributed by atoms with E-state index < -0.39 is 6.04 Å². The fourth-order valence-corrected chi connectivity index (χ4v) is 1.33. The van der Waals surface area contributed by atoms with Crippen molar-refractivity contribution in [1.82, 2.24) is 0 Å². The van der Waals surface area contributed by atoms with Gasteiger partial charge >= 0.3 is 0 Å². The molecule has 0 saturated carbocycles. The third-order valence-electron chi connectivity index (χ3n) is 2.13. The van der Waals surface area contributed by atoms with E-state index in [1.54, 1.807) is 24.3 Å². The van der Waals surface area contributed by atoms with Crippen molar-refractivity contribution in [2.24, 2.45) is 11.7 Å². The van der Waals surface area contributed by atoms with Crippen LogP contribution in [0.2, 0.25) is 5.02 Å². The summed E-state index contributed by atoms with van der Waals surface area (Å²) in [6, 6.07) is 6.42. The number of carbonyl (C=O) groups is 1. The zero-order valence-corrected chi connectivity index (χ0v) is 9.08. The Balaban J connectivity index is 2.89. The van der Waals surface area contributed by atoms with Gasteiger partial charge in [0.05, 0.1) is 6.04 Å². The molecule has 0 aliphatic heterocycles. The van der Waals surface area contributed by atoms with Crippen LogP contribution < -0.4 is 5.73 Å². The molecule has 1 atom stereocenters. The zero-order chi connectivity index (χ0) is 10.7. The van der Waals surface area contributed by atoms with Crippen molar-refractivity contribution in [3.63, 3.8) is 0 Å². The Kier molecular flexibility index (Phi) is 3.67. The van der Waals surface area contributed by atoms with E-state index in [9.17, 15) is 4.79 Å². The molecule has 1 aromatic carbocycles. The molecule has 0 aliphatic carbocycles. The Hall–Kier alpha value is -0.860. The second-order valence-electron chi connectivity index (χ2n) is 3.64. The largest absolute Gasteiger partial charge is 0.321 e. The summed E-state index contributed by atoms with van der Waals surface area (Å²) < 4.78 is 0. The molecule has 0 radical (unpaired) electrons. The van der Waals surface area contributed by atoms with E-state index in [2.05, 4.69) is 0 Å². The lowest BCUT2D eigenvalue weighted by Gasteiger charge is -2.14. The molecule has 0 aromatic heterocycles. The van der Waals surface area contributed by atoms with Gasteiger partial charge in [-0.15, -0.1) is 0 Å². The first-order chi connectivity index (χ1) is 6.52. The van der Waals surface area contributed by atoms with E-state index in [0.29, 0.717) is 10.6 Å². The second-order valence-corrected chi connectivity index (χ2v) is 4.08. The van der Waals surface area contributed by atoms with Crippen LogP contribution in [0.15, 0.2) is 24.3 Å². The fourth-order valence-electron chi connectivity index (χ4n) is 1.14. The van der Waals surface area contributed by atoms with E-state index >= 15 is 0 Å². The Morgan fingerprint density at radius 3 is 2.57 bits per heavy atom. The van der Waals surface area contributed by atoms with Gasteiger partial charge in [0.25, 0.3) is 0 Å². The van der Waals surface area contributed by atoms with Gasteiger partial charge in [0.2, 0.25) is 0 Å². The lowest BCUT2D eigenvalue weighted by atomic mass is 9.96. The lowest BCUT2D eigenvalue weighted by Crippen LogP contribution is -2.35. The molecular formula is C11H14ClNO. The van der Waals surface area contributed by atoms with E-state index in [1.165, 1.54) is 0 Å². The van der Waals surface area contributed by atoms with Gasteiger partial charge in [0, 0.05) is 10.6 Å². The third-order valence-corrected chi connectivity index (χ3v) is 2.37. The van der Waals surface area contributed by atoms with E-state index in [-0.39, 0.29) is 11.7 Å². The molecule has 0 heterocycles. The van der Waals surface area contributed by atoms with Gasteiger partial charge in [-0.3, -0.25) is 4.79 Å². The Labute approximate surface area is 89.1 Å². The molecule has 1 rings (SSSR count). The predicted molar refractivity (Wildman–Crippen MR) is 58.6 cm³/mol. The highest BCUT2D eigenvalue weighted by molar-refractivity contribution is 6.31. The molecular weight excluding hydrogens is 198 g/mol. The topological polar surface area (TPSA) is 43.1 Å². The van der Waals surface area contributed by atoms with Crippen molar-refractivity contribution in [2.45, 2.75) is 19.9 Å². The van der Waals surface area contributed by atoms with E-state index in [1.807, 2.05) is 13.8 Å². The molecule has 0 bridgehead atoms. The number of hydrogen-bond acceptors (Lipinski definition) is 2. The zero-order valence-electron chi connectivity index (χ0n) is 8.33. The molecule has 14 heavy (non-hydrogen) atoms. The van der Waals surface area contributed by atoms with Gasteiger partial charge in [-0.2, -0.15) is 0 Å². The van der Waals surface area contributed by atoms with Crippen LogP contribution in [0.3, 0.4) is 0 Å². The molecule has 1 aromatic rings. The molecule has 0 fully saturated rings. The molecule has 3 heteroatoms. The van der Waals surface area contributed by atoms with Crippen LogP contribution in [0.4, 0.5) is 0 Å². The molecule has 2 N–H and O–H groups in total. The van der Waals surface area contributed by atoms with Crippen molar-refractivity contribution >= 4 is 17.4 Å². The average Bonchev–Trinajstić information content (AvgIpc) is 2.15. The molecule has 0 spiro atoms.